The third-order valence-corrected chi connectivity index (χ3v) is 5.61. The number of carbonyl (C=O) groups is 2. The normalized spacial score (nSPS) is 11.7. The highest BCUT2D eigenvalue weighted by atomic mass is 32.2. The first kappa shape index (κ1) is 25.9. The summed E-state index contributed by atoms with van der Waals surface area (Å²) in [5, 5.41) is 12.9. The average molecular weight is 478 g/mol. The predicted molar refractivity (Wildman–Crippen MR) is 125 cm³/mol. The molecule has 0 heterocycles. The predicted octanol–water partition coefficient (Wildman–Crippen LogP) is 3.44. The SMILES string of the molecule is COc1cc(OC)c(C=C[S+]([O-])Cc2ccc(OC)c(NC(=O)CCC(=O)O)c2)c(OC)c1. The molecular formula is C23H27NO8S. The molecule has 9 nitrogen and oxygen atoms in total. The van der Waals surface area contributed by atoms with E-state index in [9.17, 15) is 14.1 Å². The Bertz CT molecular complexity index is 983. The van der Waals surface area contributed by atoms with Crippen molar-refractivity contribution in [2.24, 2.45) is 0 Å². The van der Waals surface area contributed by atoms with E-state index in [1.165, 1.54) is 33.8 Å². The molecule has 0 aliphatic carbocycles. The van der Waals surface area contributed by atoms with Crippen LogP contribution < -0.4 is 24.3 Å². The third kappa shape index (κ3) is 7.62. The quantitative estimate of drug-likeness (QED) is 0.445. The number of anilines is 1. The topological polar surface area (TPSA) is 126 Å². The number of carboxylic acid groups (broad SMARTS) is 1. The Morgan fingerprint density at radius 1 is 0.970 bits per heavy atom. The number of methoxy groups -OCH3 is 4. The summed E-state index contributed by atoms with van der Waals surface area (Å²) in [6.07, 6.45) is 1.22. The van der Waals surface area contributed by atoms with Gasteiger partial charge in [-0.3, -0.25) is 9.59 Å². The van der Waals surface area contributed by atoms with Crippen molar-refractivity contribution in [3.05, 3.63) is 46.9 Å². The van der Waals surface area contributed by atoms with Gasteiger partial charge in [-0.1, -0.05) is 6.07 Å². The van der Waals surface area contributed by atoms with Crippen LogP contribution in [-0.2, 0) is 26.5 Å². The Labute approximate surface area is 195 Å². The summed E-state index contributed by atoms with van der Waals surface area (Å²) < 4.78 is 34.0. The van der Waals surface area contributed by atoms with Crippen LogP contribution in [0.5, 0.6) is 23.0 Å². The molecule has 178 valence electrons. The van der Waals surface area contributed by atoms with Crippen LogP contribution in [-0.4, -0.2) is 50.0 Å². The molecule has 1 unspecified atom stereocenters. The molecule has 33 heavy (non-hydrogen) atoms. The molecule has 10 heteroatoms. The van der Waals surface area contributed by atoms with Gasteiger partial charge in [0, 0.05) is 30.2 Å². The zero-order valence-electron chi connectivity index (χ0n) is 18.9. The minimum atomic E-state index is -1.39. The first-order valence-electron chi connectivity index (χ1n) is 9.85. The fraction of sp³-hybridized carbons (Fsp3) is 0.304. The Morgan fingerprint density at radius 2 is 1.61 bits per heavy atom. The van der Waals surface area contributed by atoms with Crippen molar-refractivity contribution in [3.63, 3.8) is 0 Å². The Hall–Kier alpha value is -3.37. The number of benzene rings is 2. The molecular weight excluding hydrogens is 450 g/mol. The van der Waals surface area contributed by atoms with Gasteiger partial charge in [0.05, 0.1) is 46.1 Å². The van der Waals surface area contributed by atoms with Gasteiger partial charge in [0.2, 0.25) is 5.91 Å². The van der Waals surface area contributed by atoms with Crippen LogP contribution in [0.2, 0.25) is 0 Å². The molecule has 2 aromatic carbocycles. The maximum Gasteiger partial charge on any atom is 0.303 e. The summed E-state index contributed by atoms with van der Waals surface area (Å²) in [6, 6.07) is 8.45. The number of hydrogen-bond donors (Lipinski definition) is 2. The molecule has 2 aromatic rings. The molecule has 0 bridgehead atoms. The lowest BCUT2D eigenvalue weighted by Crippen LogP contribution is -2.14. The van der Waals surface area contributed by atoms with Crippen LogP contribution in [0.1, 0.15) is 24.0 Å². The van der Waals surface area contributed by atoms with Gasteiger partial charge in [0.1, 0.15) is 34.2 Å². The number of aliphatic carboxylic acids is 1. The molecule has 0 aliphatic heterocycles. The van der Waals surface area contributed by atoms with Crippen LogP contribution in [0.25, 0.3) is 6.08 Å². The van der Waals surface area contributed by atoms with Crippen LogP contribution in [0.15, 0.2) is 35.7 Å². The average Bonchev–Trinajstić information content (AvgIpc) is 2.81. The molecule has 1 atom stereocenters. The number of amides is 1. The zero-order valence-corrected chi connectivity index (χ0v) is 19.7. The lowest BCUT2D eigenvalue weighted by Gasteiger charge is -2.14. The van der Waals surface area contributed by atoms with E-state index in [4.69, 9.17) is 24.1 Å². The molecule has 2 rings (SSSR count). The molecule has 0 aliphatic rings. The second kappa shape index (κ2) is 12.6. The summed E-state index contributed by atoms with van der Waals surface area (Å²) in [5.74, 6) is 0.671. The standard InChI is InChI=1S/C23H27NO8S/c1-29-16-12-20(31-3)17(21(13-16)32-4)9-10-33(28)14-15-5-6-19(30-2)18(11-15)24-22(25)7-8-23(26)27/h5-6,9-13H,7-8,14H2,1-4H3,(H,24,25)(H,26,27). The van der Waals surface area contributed by atoms with Gasteiger partial charge in [-0.2, -0.15) is 0 Å². The Morgan fingerprint density at radius 3 is 2.15 bits per heavy atom. The van der Waals surface area contributed by atoms with Crippen molar-refractivity contribution in [2.45, 2.75) is 18.6 Å². The second-order valence-corrected chi connectivity index (χ2v) is 8.07. The fourth-order valence-corrected chi connectivity index (χ4v) is 3.82. The highest BCUT2D eigenvalue weighted by Crippen LogP contribution is 2.35. The van der Waals surface area contributed by atoms with Crippen LogP contribution in [0, 0.1) is 0 Å². The Balaban J connectivity index is 2.17. The first-order valence-corrected chi connectivity index (χ1v) is 11.2. The number of rotatable bonds is 12. The van der Waals surface area contributed by atoms with Crippen molar-refractivity contribution < 1.29 is 38.2 Å². The molecule has 0 spiro atoms. The van der Waals surface area contributed by atoms with Gasteiger partial charge in [0.15, 0.2) is 0 Å². The van der Waals surface area contributed by atoms with Gasteiger partial charge < -0.3 is 33.9 Å². The monoisotopic (exact) mass is 477 g/mol. The van der Waals surface area contributed by atoms with Gasteiger partial charge in [0.25, 0.3) is 0 Å². The van der Waals surface area contributed by atoms with Gasteiger partial charge in [-0.15, -0.1) is 0 Å². The minimum absolute atomic E-state index is 0.164. The van der Waals surface area contributed by atoms with Gasteiger partial charge in [-0.05, 0) is 23.3 Å². The van der Waals surface area contributed by atoms with Crippen molar-refractivity contribution in [1.82, 2.24) is 0 Å². The molecule has 0 aromatic heterocycles. The van der Waals surface area contributed by atoms with Crippen LogP contribution in [0.3, 0.4) is 0 Å². The number of hydrogen-bond acceptors (Lipinski definition) is 7. The van der Waals surface area contributed by atoms with E-state index in [1.807, 2.05) is 0 Å². The van der Waals surface area contributed by atoms with Crippen molar-refractivity contribution in [2.75, 3.05) is 33.8 Å². The lowest BCUT2D eigenvalue weighted by atomic mass is 10.1. The van der Waals surface area contributed by atoms with E-state index in [-0.39, 0.29) is 18.6 Å². The minimum Gasteiger partial charge on any atom is -0.612 e. The van der Waals surface area contributed by atoms with Crippen molar-refractivity contribution in [3.8, 4) is 23.0 Å². The third-order valence-electron chi connectivity index (χ3n) is 4.55. The summed E-state index contributed by atoms with van der Waals surface area (Å²) in [7, 11) is 6.03. The van der Waals surface area contributed by atoms with Crippen molar-refractivity contribution >= 4 is 34.8 Å². The number of nitrogens with one attached hydrogen (secondary N) is 1. The van der Waals surface area contributed by atoms with Gasteiger partial charge in [-0.25, -0.2) is 0 Å². The molecule has 1 amide bonds. The van der Waals surface area contributed by atoms with E-state index in [0.717, 1.165) is 0 Å². The number of ether oxygens (including phenoxy) is 4. The highest BCUT2D eigenvalue weighted by molar-refractivity contribution is 7.93. The second-order valence-electron chi connectivity index (χ2n) is 6.75. The summed E-state index contributed by atoms with van der Waals surface area (Å²) in [6.45, 7) is 0. The van der Waals surface area contributed by atoms with E-state index in [0.29, 0.717) is 39.8 Å². The largest absolute Gasteiger partial charge is 0.612 e. The van der Waals surface area contributed by atoms with E-state index in [2.05, 4.69) is 5.32 Å². The summed E-state index contributed by atoms with van der Waals surface area (Å²) in [4.78, 5) is 22.7. The van der Waals surface area contributed by atoms with E-state index in [1.54, 1.807) is 36.4 Å². The van der Waals surface area contributed by atoms with E-state index >= 15 is 0 Å². The molecule has 0 fully saturated rings. The lowest BCUT2D eigenvalue weighted by molar-refractivity contribution is -0.138. The van der Waals surface area contributed by atoms with E-state index < -0.39 is 23.1 Å². The summed E-state index contributed by atoms with van der Waals surface area (Å²) >= 11 is -1.39. The van der Waals surface area contributed by atoms with Crippen molar-refractivity contribution in [1.29, 1.82) is 0 Å². The fourth-order valence-electron chi connectivity index (χ4n) is 2.93. The maximum absolute atomic E-state index is 12.7. The van der Waals surface area contributed by atoms with Gasteiger partial charge >= 0.3 is 5.97 Å². The smallest absolute Gasteiger partial charge is 0.303 e. The zero-order chi connectivity index (χ0) is 24.4. The maximum atomic E-state index is 12.7. The molecule has 0 saturated carbocycles. The highest BCUT2D eigenvalue weighted by Gasteiger charge is 2.15. The summed E-state index contributed by atoms with van der Waals surface area (Å²) in [5.41, 5.74) is 1.70. The first-order chi connectivity index (χ1) is 15.8. The number of carboxylic acids is 1. The number of carbonyl (C=O) groups excluding carboxylic acids is 1. The van der Waals surface area contributed by atoms with Crippen LogP contribution >= 0.6 is 0 Å². The molecule has 0 radical (unpaired) electrons. The van der Waals surface area contributed by atoms with Crippen LogP contribution in [0.4, 0.5) is 5.69 Å². The Kier molecular flexibility index (Phi) is 9.89. The molecule has 2 N–H and O–H groups in total. The molecule has 0 saturated heterocycles.